The second-order valence-electron chi connectivity index (χ2n) is 3.53. The second kappa shape index (κ2) is 6.40. The summed E-state index contributed by atoms with van der Waals surface area (Å²) < 4.78 is 0. The molecule has 1 rings (SSSR count). The van der Waals surface area contributed by atoms with E-state index in [1.165, 1.54) is 32.1 Å². The van der Waals surface area contributed by atoms with E-state index in [0.717, 1.165) is 0 Å². The molecule has 0 aliphatic heterocycles. The van der Waals surface area contributed by atoms with Crippen molar-refractivity contribution in [2.24, 2.45) is 0 Å². The van der Waals surface area contributed by atoms with Gasteiger partial charge in [0, 0.05) is 0 Å². The summed E-state index contributed by atoms with van der Waals surface area (Å²) in [6.07, 6.45) is 11.3. The van der Waals surface area contributed by atoms with Crippen LogP contribution in [-0.2, 0) is 0 Å². The Bertz CT molecular complexity index is 318. The van der Waals surface area contributed by atoms with Gasteiger partial charge in [-0.15, -0.1) is 0 Å². The average Bonchev–Trinajstić information content (AvgIpc) is 2.02. The van der Waals surface area contributed by atoms with E-state index in [0.29, 0.717) is 5.66 Å². The monoisotopic (exact) mass is 226 g/mol. The third-order valence-corrected chi connectivity index (χ3v) is 10.3. The van der Waals surface area contributed by atoms with E-state index in [1.54, 1.807) is 0 Å². The van der Waals surface area contributed by atoms with Crippen molar-refractivity contribution in [3.05, 3.63) is 12.2 Å². The fraction of sp³-hybridized carbons (Fsp3) is 0.750. The van der Waals surface area contributed by atoms with Crippen LogP contribution in [0.25, 0.3) is 0 Å². The third-order valence-electron chi connectivity index (χ3n) is 2.35. The van der Waals surface area contributed by atoms with Crippen molar-refractivity contribution in [1.29, 1.82) is 0 Å². The molecule has 13 heavy (non-hydrogen) atoms. The molecule has 1 aliphatic carbocycles. The Balaban J connectivity index is 2.63. The van der Waals surface area contributed by atoms with Crippen molar-refractivity contribution in [2.45, 2.75) is 37.8 Å². The van der Waals surface area contributed by atoms with Crippen LogP contribution in [0.4, 0.5) is 0 Å². The van der Waals surface area contributed by atoms with Gasteiger partial charge in [0.2, 0.25) is 0 Å². The second-order valence-corrected chi connectivity index (χ2v) is 11.4. The molecule has 0 N–H and O–H groups in total. The SMILES string of the molecule is B#P(B)P(#P)[C@@H]1/C=C\CCCCC1. The number of allylic oxidation sites excluding steroid dienone is 2. The Morgan fingerprint density at radius 3 is 2.85 bits per heavy atom. The molecule has 0 nitrogen and oxygen atoms in total. The summed E-state index contributed by atoms with van der Waals surface area (Å²) in [4.78, 5) is 0. The van der Waals surface area contributed by atoms with Crippen molar-refractivity contribution < 1.29 is 0 Å². The molecule has 1 aliphatic rings. The predicted octanol–water partition coefficient (Wildman–Crippen LogP) is 3.71. The quantitative estimate of drug-likeness (QED) is 0.335. The van der Waals surface area contributed by atoms with E-state index in [4.69, 9.17) is 7.01 Å². The van der Waals surface area contributed by atoms with E-state index >= 15 is 0 Å². The van der Waals surface area contributed by atoms with Gasteiger partial charge in [0.05, 0.1) is 0 Å². The van der Waals surface area contributed by atoms with E-state index in [1.807, 2.05) is 0 Å². The normalized spacial score (nSPS) is 28.5. The molecule has 0 amide bonds. The van der Waals surface area contributed by atoms with E-state index in [2.05, 4.69) is 28.1 Å². The molecule has 0 fully saturated rings. The molecule has 5 heteroatoms. The number of rotatable bonds is 0. The molecule has 2 unspecified atom stereocenters. The summed E-state index contributed by atoms with van der Waals surface area (Å²) in [5.74, 6) is 0. The Kier molecular flexibility index (Phi) is 5.89. The van der Waals surface area contributed by atoms with Crippen LogP contribution in [0, 0.1) is 0 Å². The minimum absolute atomic E-state index is 0.236. The maximum absolute atomic E-state index is 5.94. The number of hydrogen-bond acceptors (Lipinski definition) is 0. The molecule has 0 aromatic carbocycles. The molecule has 68 valence electrons. The van der Waals surface area contributed by atoms with Crippen molar-refractivity contribution in [1.82, 2.24) is 0 Å². The van der Waals surface area contributed by atoms with Gasteiger partial charge in [0.15, 0.2) is 0 Å². The Morgan fingerprint density at radius 2 is 2.15 bits per heavy atom. The summed E-state index contributed by atoms with van der Waals surface area (Å²) in [5.41, 5.74) is 0.680. The summed E-state index contributed by atoms with van der Waals surface area (Å²) in [7, 11) is 12.7. The first kappa shape index (κ1) is 12.0. The third kappa shape index (κ3) is 4.29. The van der Waals surface area contributed by atoms with E-state index in [9.17, 15) is 0 Å². The topological polar surface area (TPSA) is 0 Å². The van der Waals surface area contributed by atoms with Gasteiger partial charge in [-0.3, -0.25) is 0 Å². The molecular formula is C8H15B2P3. The van der Waals surface area contributed by atoms with Crippen LogP contribution in [0.1, 0.15) is 32.1 Å². The van der Waals surface area contributed by atoms with Crippen molar-refractivity contribution >= 4 is 36.4 Å². The van der Waals surface area contributed by atoms with E-state index in [-0.39, 0.29) is 13.5 Å². The summed E-state index contributed by atoms with van der Waals surface area (Å²) >= 11 is 0. The fourth-order valence-corrected chi connectivity index (χ4v) is 5.28. The van der Waals surface area contributed by atoms with Gasteiger partial charge >= 0.3 is 86.3 Å². The van der Waals surface area contributed by atoms with Gasteiger partial charge in [0.25, 0.3) is 0 Å². The van der Waals surface area contributed by atoms with Crippen LogP contribution in [0.2, 0.25) is 0 Å². The maximum atomic E-state index is 5.94. The number of hydrogen-bond donors (Lipinski definition) is 0. The van der Waals surface area contributed by atoms with Crippen LogP contribution < -0.4 is 0 Å². The minimum atomic E-state index is -0.327. The van der Waals surface area contributed by atoms with Crippen LogP contribution in [-0.4, -0.2) is 20.2 Å². The average molecular weight is 226 g/mol. The first-order valence-electron chi connectivity index (χ1n) is 4.85. The standard InChI is InChI=1S/C8H15B2P3/c9-13(10)12(11)8-6-4-2-1-3-5-7-8/h4,6,8H,1-3,5,7,9H2/b6-4-/t8-/m1/s1. The zero-order valence-corrected chi connectivity index (χ0v) is 10.9. The van der Waals surface area contributed by atoms with Gasteiger partial charge in [-0.05, 0) is 0 Å². The first-order chi connectivity index (χ1) is 6.22. The van der Waals surface area contributed by atoms with Gasteiger partial charge in [-0.1, -0.05) is 0 Å². The van der Waals surface area contributed by atoms with Crippen LogP contribution in [0.3, 0.4) is 0 Å². The molecule has 0 spiro atoms. The predicted molar refractivity (Wildman–Crippen MR) is 71.1 cm³/mol. The van der Waals surface area contributed by atoms with E-state index < -0.39 is 0 Å². The van der Waals surface area contributed by atoms with Gasteiger partial charge in [0.1, 0.15) is 0 Å². The Labute approximate surface area is 86.6 Å². The molecule has 0 aromatic heterocycles. The van der Waals surface area contributed by atoms with Gasteiger partial charge < -0.3 is 0 Å². The van der Waals surface area contributed by atoms with Crippen molar-refractivity contribution in [2.75, 3.05) is 0 Å². The molecule has 3 atom stereocenters. The Morgan fingerprint density at radius 1 is 1.38 bits per heavy atom. The molecule has 0 heterocycles. The van der Waals surface area contributed by atoms with Crippen LogP contribution in [0.15, 0.2) is 12.2 Å². The molecule has 0 saturated heterocycles. The zero-order chi connectivity index (χ0) is 9.68. The Hall–Kier alpha value is 0.900. The van der Waals surface area contributed by atoms with Crippen molar-refractivity contribution in [3.8, 4) is 0 Å². The molecule has 0 radical (unpaired) electrons. The van der Waals surface area contributed by atoms with Crippen molar-refractivity contribution in [3.63, 3.8) is 0 Å². The summed E-state index contributed by atoms with van der Waals surface area (Å²) in [6, 6.07) is 0. The molecule has 0 saturated carbocycles. The molecule has 0 bridgehead atoms. The summed E-state index contributed by atoms with van der Waals surface area (Å²) in [5, 5.41) is 0. The van der Waals surface area contributed by atoms with Gasteiger partial charge in [-0.25, -0.2) is 0 Å². The fourth-order valence-electron chi connectivity index (χ4n) is 1.57. The van der Waals surface area contributed by atoms with Crippen LogP contribution >= 0.6 is 21.9 Å². The summed E-state index contributed by atoms with van der Waals surface area (Å²) in [6.45, 7) is -0.564. The molecular weight excluding hydrogens is 211 g/mol. The molecule has 0 aromatic rings. The van der Waals surface area contributed by atoms with Crippen LogP contribution in [0.5, 0.6) is 0 Å². The first-order valence-corrected chi connectivity index (χ1v) is 9.97. The zero-order valence-electron chi connectivity index (χ0n) is 8.19. The van der Waals surface area contributed by atoms with Gasteiger partial charge in [-0.2, -0.15) is 0 Å².